The van der Waals surface area contributed by atoms with Crippen LogP contribution in [0.4, 0.5) is 5.69 Å². The summed E-state index contributed by atoms with van der Waals surface area (Å²) in [6.07, 6.45) is 1.56. The Morgan fingerprint density at radius 1 is 1.00 bits per heavy atom. The SMILES string of the molecule is COc1ccc(N(CCCC(=O)N(Cc2ccccc2)[C@H](C)C(=O)NCC(C)C)S(C)(=O)=O)cc1. The van der Waals surface area contributed by atoms with Crippen LogP contribution in [0.3, 0.4) is 0 Å². The quantitative estimate of drug-likeness (QED) is 0.452. The van der Waals surface area contributed by atoms with Crippen LogP contribution in [0.15, 0.2) is 54.6 Å². The molecule has 2 aromatic carbocycles. The first kappa shape index (κ1) is 28.2. The summed E-state index contributed by atoms with van der Waals surface area (Å²) in [6, 6.07) is 15.6. The monoisotopic (exact) mass is 503 g/mol. The lowest BCUT2D eigenvalue weighted by molar-refractivity contribution is -0.140. The van der Waals surface area contributed by atoms with Gasteiger partial charge in [0.15, 0.2) is 0 Å². The first-order valence-electron chi connectivity index (χ1n) is 11.8. The van der Waals surface area contributed by atoms with Gasteiger partial charge in [0.25, 0.3) is 0 Å². The van der Waals surface area contributed by atoms with E-state index in [0.717, 1.165) is 11.8 Å². The van der Waals surface area contributed by atoms with E-state index in [1.807, 2.05) is 44.2 Å². The molecule has 2 amide bonds. The molecule has 0 saturated carbocycles. The highest BCUT2D eigenvalue weighted by Crippen LogP contribution is 2.22. The maximum Gasteiger partial charge on any atom is 0.242 e. The Kier molecular flexibility index (Phi) is 10.6. The van der Waals surface area contributed by atoms with E-state index in [0.29, 0.717) is 36.9 Å². The van der Waals surface area contributed by atoms with Gasteiger partial charge in [0.2, 0.25) is 21.8 Å². The largest absolute Gasteiger partial charge is 0.497 e. The molecule has 8 nitrogen and oxygen atoms in total. The van der Waals surface area contributed by atoms with Gasteiger partial charge >= 0.3 is 0 Å². The second-order valence-electron chi connectivity index (χ2n) is 8.96. The number of benzene rings is 2. The molecule has 0 aliphatic heterocycles. The van der Waals surface area contributed by atoms with Crippen molar-refractivity contribution in [1.82, 2.24) is 10.2 Å². The molecule has 1 N–H and O–H groups in total. The second kappa shape index (κ2) is 13.1. The highest BCUT2D eigenvalue weighted by atomic mass is 32.2. The number of methoxy groups -OCH3 is 1. The van der Waals surface area contributed by atoms with E-state index in [1.165, 1.54) is 4.31 Å². The minimum atomic E-state index is -3.55. The lowest BCUT2D eigenvalue weighted by Gasteiger charge is -2.29. The van der Waals surface area contributed by atoms with Crippen molar-refractivity contribution in [1.29, 1.82) is 0 Å². The average molecular weight is 504 g/mol. The summed E-state index contributed by atoms with van der Waals surface area (Å²) in [5, 5.41) is 2.90. The number of hydrogen-bond donors (Lipinski definition) is 1. The van der Waals surface area contributed by atoms with Crippen LogP contribution < -0.4 is 14.4 Å². The number of carbonyl (C=O) groups excluding carboxylic acids is 2. The van der Waals surface area contributed by atoms with E-state index in [9.17, 15) is 18.0 Å². The number of sulfonamides is 1. The fraction of sp³-hybridized carbons (Fsp3) is 0.462. The van der Waals surface area contributed by atoms with E-state index in [2.05, 4.69) is 5.32 Å². The zero-order valence-corrected chi connectivity index (χ0v) is 22.0. The van der Waals surface area contributed by atoms with Crippen molar-refractivity contribution in [3.05, 3.63) is 60.2 Å². The van der Waals surface area contributed by atoms with Gasteiger partial charge in [-0.15, -0.1) is 0 Å². The van der Waals surface area contributed by atoms with Gasteiger partial charge in [0.05, 0.1) is 19.1 Å². The van der Waals surface area contributed by atoms with Crippen molar-refractivity contribution in [3.63, 3.8) is 0 Å². The number of rotatable bonds is 13. The summed E-state index contributed by atoms with van der Waals surface area (Å²) in [7, 11) is -2.00. The number of nitrogens with one attached hydrogen (secondary N) is 1. The van der Waals surface area contributed by atoms with Crippen molar-refractivity contribution >= 4 is 27.5 Å². The number of hydrogen-bond acceptors (Lipinski definition) is 5. The Morgan fingerprint density at radius 2 is 1.63 bits per heavy atom. The minimum absolute atomic E-state index is 0.108. The summed E-state index contributed by atoms with van der Waals surface area (Å²) in [6.45, 7) is 6.70. The molecule has 0 bridgehead atoms. The molecule has 0 aliphatic rings. The molecule has 192 valence electrons. The molecule has 2 rings (SSSR count). The predicted molar refractivity (Wildman–Crippen MR) is 139 cm³/mol. The molecule has 0 saturated heterocycles. The van der Waals surface area contributed by atoms with Crippen LogP contribution in [0.1, 0.15) is 39.2 Å². The lowest BCUT2D eigenvalue weighted by Crippen LogP contribution is -2.48. The van der Waals surface area contributed by atoms with Crippen molar-refractivity contribution in [2.45, 2.75) is 46.2 Å². The highest BCUT2D eigenvalue weighted by molar-refractivity contribution is 7.92. The maximum atomic E-state index is 13.2. The Hall–Kier alpha value is -3.07. The van der Waals surface area contributed by atoms with E-state index >= 15 is 0 Å². The molecule has 0 unspecified atom stereocenters. The third-order valence-electron chi connectivity index (χ3n) is 5.56. The molecule has 1 atom stereocenters. The highest BCUT2D eigenvalue weighted by Gasteiger charge is 2.26. The zero-order chi connectivity index (χ0) is 26.0. The van der Waals surface area contributed by atoms with Crippen LogP contribution in [-0.4, -0.2) is 57.6 Å². The first-order chi connectivity index (χ1) is 16.5. The first-order valence-corrected chi connectivity index (χ1v) is 13.6. The van der Waals surface area contributed by atoms with Gasteiger partial charge in [0.1, 0.15) is 11.8 Å². The Balaban J connectivity index is 2.12. The van der Waals surface area contributed by atoms with Gasteiger partial charge < -0.3 is 15.0 Å². The second-order valence-corrected chi connectivity index (χ2v) is 10.9. The van der Waals surface area contributed by atoms with Gasteiger partial charge in [-0.3, -0.25) is 13.9 Å². The Bertz CT molecular complexity index is 1060. The third-order valence-corrected chi connectivity index (χ3v) is 6.75. The molecule has 9 heteroatoms. The van der Waals surface area contributed by atoms with Crippen molar-refractivity contribution in [2.75, 3.05) is 30.8 Å². The summed E-state index contributed by atoms with van der Waals surface area (Å²) in [4.78, 5) is 27.5. The predicted octanol–water partition coefficient (Wildman–Crippen LogP) is 3.43. The van der Waals surface area contributed by atoms with Gasteiger partial charge in [-0.2, -0.15) is 0 Å². The van der Waals surface area contributed by atoms with Gasteiger partial charge in [0, 0.05) is 26.1 Å². The van der Waals surface area contributed by atoms with Crippen LogP contribution in [0.25, 0.3) is 0 Å². The van der Waals surface area contributed by atoms with Crippen LogP contribution in [-0.2, 0) is 26.2 Å². The maximum absolute atomic E-state index is 13.2. The molecule has 35 heavy (non-hydrogen) atoms. The van der Waals surface area contributed by atoms with Crippen LogP contribution in [0.2, 0.25) is 0 Å². The van der Waals surface area contributed by atoms with Crippen molar-refractivity contribution in [2.24, 2.45) is 5.92 Å². The Morgan fingerprint density at radius 3 is 2.17 bits per heavy atom. The summed E-state index contributed by atoms with van der Waals surface area (Å²) in [5.74, 6) is 0.506. The topological polar surface area (TPSA) is 96.0 Å². The number of carbonyl (C=O) groups is 2. The smallest absolute Gasteiger partial charge is 0.242 e. The van der Waals surface area contributed by atoms with Crippen LogP contribution in [0, 0.1) is 5.92 Å². The van der Waals surface area contributed by atoms with E-state index in [1.54, 1.807) is 43.2 Å². The fourth-order valence-corrected chi connectivity index (χ4v) is 4.53. The molecular weight excluding hydrogens is 466 g/mol. The Labute approximate surface area is 209 Å². The summed E-state index contributed by atoms with van der Waals surface area (Å²) >= 11 is 0. The van der Waals surface area contributed by atoms with Crippen molar-refractivity contribution < 1.29 is 22.7 Å². The number of anilines is 1. The van der Waals surface area contributed by atoms with E-state index in [-0.39, 0.29) is 24.8 Å². The normalized spacial score (nSPS) is 12.2. The standard InChI is InChI=1S/C26H37N3O5S/c1-20(2)18-27-26(31)21(3)28(19-22-10-7-6-8-11-22)25(30)12-9-17-29(35(5,32)33)23-13-15-24(34-4)16-14-23/h6-8,10-11,13-16,20-21H,9,12,17-19H2,1-5H3,(H,27,31)/t21-/m1/s1. The average Bonchev–Trinajstić information content (AvgIpc) is 2.83. The molecule has 0 aromatic heterocycles. The number of amides is 2. The van der Waals surface area contributed by atoms with Gasteiger partial charge in [-0.05, 0) is 49.1 Å². The fourth-order valence-electron chi connectivity index (χ4n) is 3.57. The zero-order valence-electron chi connectivity index (χ0n) is 21.2. The lowest BCUT2D eigenvalue weighted by atomic mass is 10.1. The van der Waals surface area contributed by atoms with E-state index in [4.69, 9.17) is 4.74 Å². The molecule has 0 radical (unpaired) electrons. The van der Waals surface area contributed by atoms with Crippen molar-refractivity contribution in [3.8, 4) is 5.75 Å². The molecule has 0 heterocycles. The molecule has 0 spiro atoms. The molecule has 0 aliphatic carbocycles. The summed E-state index contributed by atoms with van der Waals surface area (Å²) < 4.78 is 31.2. The van der Waals surface area contributed by atoms with Crippen LogP contribution >= 0.6 is 0 Å². The molecular formula is C26H37N3O5S. The summed E-state index contributed by atoms with van der Waals surface area (Å²) in [5.41, 5.74) is 1.42. The number of ether oxygens (including phenoxy) is 1. The van der Waals surface area contributed by atoms with Gasteiger partial charge in [-0.1, -0.05) is 44.2 Å². The minimum Gasteiger partial charge on any atom is -0.497 e. The third kappa shape index (κ3) is 8.90. The van der Waals surface area contributed by atoms with Crippen LogP contribution in [0.5, 0.6) is 5.75 Å². The number of nitrogens with zero attached hydrogens (tertiary/aromatic N) is 2. The van der Waals surface area contributed by atoms with Gasteiger partial charge in [-0.25, -0.2) is 8.42 Å². The molecule has 2 aromatic rings. The van der Waals surface area contributed by atoms with E-state index < -0.39 is 16.1 Å². The molecule has 0 fully saturated rings.